The average molecular weight is 352 g/mol. The maximum Gasteiger partial charge on any atom is 0.254 e. The molecular formula is C22H28N2O2. The van der Waals surface area contributed by atoms with E-state index in [0.717, 1.165) is 55.8 Å². The molecule has 138 valence electrons. The van der Waals surface area contributed by atoms with Crippen LogP contribution >= 0.6 is 0 Å². The fourth-order valence-corrected chi connectivity index (χ4v) is 3.41. The number of hydrogen-bond acceptors (Lipinski definition) is 3. The SMILES string of the molecule is CCCN(C(=O)c1ccc(OCc2ccccc2)cc1)C1CCNCC1. The van der Waals surface area contributed by atoms with Crippen molar-refractivity contribution in [2.75, 3.05) is 19.6 Å². The van der Waals surface area contributed by atoms with Gasteiger partial charge in [0.1, 0.15) is 12.4 Å². The Morgan fingerprint density at radius 1 is 1.08 bits per heavy atom. The molecule has 0 radical (unpaired) electrons. The summed E-state index contributed by atoms with van der Waals surface area (Å²) in [6.45, 7) is 5.46. The second-order valence-corrected chi connectivity index (χ2v) is 6.78. The molecule has 1 aliphatic rings. The van der Waals surface area contributed by atoms with Gasteiger partial charge >= 0.3 is 0 Å². The van der Waals surface area contributed by atoms with Gasteiger partial charge in [-0.2, -0.15) is 0 Å². The van der Waals surface area contributed by atoms with Crippen molar-refractivity contribution in [3.05, 3.63) is 65.7 Å². The zero-order valence-corrected chi connectivity index (χ0v) is 15.5. The highest BCUT2D eigenvalue weighted by Gasteiger charge is 2.25. The predicted octanol–water partition coefficient (Wildman–Crippen LogP) is 3.87. The molecule has 4 nitrogen and oxygen atoms in total. The number of carbonyl (C=O) groups is 1. The van der Waals surface area contributed by atoms with E-state index in [0.29, 0.717) is 12.6 Å². The first kappa shape index (κ1) is 18.5. The van der Waals surface area contributed by atoms with Gasteiger partial charge < -0.3 is 15.0 Å². The van der Waals surface area contributed by atoms with E-state index < -0.39 is 0 Å². The molecule has 1 saturated heterocycles. The lowest BCUT2D eigenvalue weighted by atomic mass is 10.0. The minimum atomic E-state index is 0.133. The van der Waals surface area contributed by atoms with Gasteiger partial charge in [-0.05, 0) is 62.2 Å². The smallest absolute Gasteiger partial charge is 0.254 e. The van der Waals surface area contributed by atoms with Crippen molar-refractivity contribution in [2.24, 2.45) is 0 Å². The zero-order chi connectivity index (χ0) is 18.2. The summed E-state index contributed by atoms with van der Waals surface area (Å²) in [4.78, 5) is 15.0. The maximum atomic E-state index is 13.0. The molecule has 0 aromatic heterocycles. The molecule has 2 aromatic rings. The molecule has 26 heavy (non-hydrogen) atoms. The van der Waals surface area contributed by atoms with Crippen LogP contribution in [0.25, 0.3) is 0 Å². The summed E-state index contributed by atoms with van der Waals surface area (Å²) < 4.78 is 5.82. The molecule has 1 heterocycles. The highest BCUT2D eigenvalue weighted by molar-refractivity contribution is 5.94. The van der Waals surface area contributed by atoms with E-state index in [-0.39, 0.29) is 5.91 Å². The van der Waals surface area contributed by atoms with E-state index in [1.54, 1.807) is 0 Å². The average Bonchev–Trinajstić information content (AvgIpc) is 2.72. The minimum Gasteiger partial charge on any atom is -0.489 e. The van der Waals surface area contributed by atoms with E-state index in [9.17, 15) is 4.79 Å². The van der Waals surface area contributed by atoms with Crippen LogP contribution in [-0.4, -0.2) is 36.5 Å². The molecular weight excluding hydrogens is 324 g/mol. The summed E-state index contributed by atoms with van der Waals surface area (Å²) in [5.41, 5.74) is 1.87. The number of hydrogen-bond donors (Lipinski definition) is 1. The molecule has 2 aromatic carbocycles. The van der Waals surface area contributed by atoms with Crippen molar-refractivity contribution in [3.8, 4) is 5.75 Å². The van der Waals surface area contributed by atoms with Crippen LogP contribution in [0.1, 0.15) is 42.1 Å². The number of nitrogens with zero attached hydrogens (tertiary/aromatic N) is 1. The summed E-state index contributed by atoms with van der Waals surface area (Å²) in [7, 11) is 0. The first-order chi connectivity index (χ1) is 12.8. The molecule has 3 rings (SSSR count). The third-order valence-corrected chi connectivity index (χ3v) is 4.82. The molecule has 0 saturated carbocycles. The monoisotopic (exact) mass is 352 g/mol. The number of amides is 1. The van der Waals surface area contributed by atoms with Crippen molar-refractivity contribution in [3.63, 3.8) is 0 Å². The fourth-order valence-electron chi connectivity index (χ4n) is 3.41. The van der Waals surface area contributed by atoms with E-state index in [2.05, 4.69) is 17.1 Å². The van der Waals surface area contributed by atoms with Crippen molar-refractivity contribution < 1.29 is 9.53 Å². The zero-order valence-electron chi connectivity index (χ0n) is 15.5. The summed E-state index contributed by atoms with van der Waals surface area (Å²) in [6.07, 6.45) is 3.04. The molecule has 0 spiro atoms. The Balaban J connectivity index is 1.63. The van der Waals surface area contributed by atoms with E-state index >= 15 is 0 Å². The Hall–Kier alpha value is -2.33. The van der Waals surface area contributed by atoms with Gasteiger partial charge in [0.2, 0.25) is 0 Å². The van der Waals surface area contributed by atoms with E-state index in [4.69, 9.17) is 4.74 Å². The maximum absolute atomic E-state index is 13.0. The Morgan fingerprint density at radius 2 is 1.77 bits per heavy atom. The number of carbonyl (C=O) groups excluding carboxylic acids is 1. The van der Waals surface area contributed by atoms with Crippen molar-refractivity contribution in [1.29, 1.82) is 0 Å². The van der Waals surface area contributed by atoms with Crippen LogP contribution in [0.3, 0.4) is 0 Å². The van der Waals surface area contributed by atoms with Crippen LogP contribution in [0.15, 0.2) is 54.6 Å². The second kappa shape index (κ2) is 9.39. The molecule has 0 bridgehead atoms. The van der Waals surface area contributed by atoms with E-state index in [1.807, 2.05) is 54.6 Å². The van der Waals surface area contributed by atoms with Crippen molar-refractivity contribution in [2.45, 2.75) is 38.8 Å². The van der Waals surface area contributed by atoms with Gasteiger partial charge in [0, 0.05) is 18.2 Å². The number of piperidine rings is 1. The van der Waals surface area contributed by atoms with Gasteiger partial charge in [0.05, 0.1) is 0 Å². The van der Waals surface area contributed by atoms with Gasteiger partial charge in [0.15, 0.2) is 0 Å². The van der Waals surface area contributed by atoms with Crippen molar-refractivity contribution in [1.82, 2.24) is 10.2 Å². The van der Waals surface area contributed by atoms with Gasteiger partial charge in [-0.15, -0.1) is 0 Å². The highest BCUT2D eigenvalue weighted by Crippen LogP contribution is 2.19. The van der Waals surface area contributed by atoms with Crippen LogP contribution in [0, 0.1) is 0 Å². The number of nitrogens with one attached hydrogen (secondary N) is 1. The molecule has 1 aliphatic heterocycles. The standard InChI is InChI=1S/C22H28N2O2/c1-2-16-24(20-12-14-23-15-13-20)22(25)19-8-10-21(11-9-19)26-17-18-6-4-3-5-7-18/h3-11,20,23H,2,12-17H2,1H3. The number of rotatable bonds is 7. The second-order valence-electron chi connectivity index (χ2n) is 6.78. The number of ether oxygens (including phenoxy) is 1. The Labute approximate surface area is 156 Å². The first-order valence-corrected chi connectivity index (χ1v) is 9.56. The largest absolute Gasteiger partial charge is 0.489 e. The molecule has 0 aliphatic carbocycles. The molecule has 0 unspecified atom stereocenters. The lowest BCUT2D eigenvalue weighted by Crippen LogP contribution is -2.46. The lowest BCUT2D eigenvalue weighted by Gasteiger charge is -2.34. The Morgan fingerprint density at radius 3 is 2.42 bits per heavy atom. The van der Waals surface area contributed by atoms with Crippen LogP contribution < -0.4 is 10.1 Å². The Bertz CT molecular complexity index is 679. The molecule has 1 amide bonds. The summed E-state index contributed by atoms with van der Waals surface area (Å²) in [6, 6.07) is 18.0. The van der Waals surface area contributed by atoms with Gasteiger partial charge in [-0.1, -0.05) is 37.3 Å². The number of benzene rings is 2. The quantitative estimate of drug-likeness (QED) is 0.822. The third kappa shape index (κ3) is 4.85. The highest BCUT2D eigenvalue weighted by atomic mass is 16.5. The Kier molecular flexibility index (Phi) is 6.67. The summed E-state index contributed by atoms with van der Waals surface area (Å²) in [5, 5.41) is 3.37. The van der Waals surface area contributed by atoms with Crippen LogP contribution in [0.5, 0.6) is 5.75 Å². The molecule has 4 heteroatoms. The van der Waals surface area contributed by atoms with Crippen LogP contribution in [0.2, 0.25) is 0 Å². The summed E-state index contributed by atoms with van der Waals surface area (Å²) in [5.74, 6) is 0.919. The van der Waals surface area contributed by atoms with Crippen LogP contribution in [-0.2, 0) is 6.61 Å². The first-order valence-electron chi connectivity index (χ1n) is 9.56. The topological polar surface area (TPSA) is 41.6 Å². The predicted molar refractivity (Wildman–Crippen MR) is 104 cm³/mol. The fraction of sp³-hybridized carbons (Fsp3) is 0.409. The molecule has 0 atom stereocenters. The summed E-state index contributed by atoms with van der Waals surface area (Å²) >= 11 is 0. The third-order valence-electron chi connectivity index (χ3n) is 4.82. The minimum absolute atomic E-state index is 0.133. The van der Waals surface area contributed by atoms with E-state index in [1.165, 1.54) is 0 Å². The van der Waals surface area contributed by atoms with Gasteiger partial charge in [-0.25, -0.2) is 0 Å². The van der Waals surface area contributed by atoms with Gasteiger partial charge in [0.25, 0.3) is 5.91 Å². The lowest BCUT2D eigenvalue weighted by molar-refractivity contribution is 0.0642. The molecule has 1 fully saturated rings. The van der Waals surface area contributed by atoms with Crippen LogP contribution in [0.4, 0.5) is 0 Å². The van der Waals surface area contributed by atoms with Crippen molar-refractivity contribution >= 4 is 5.91 Å². The molecule has 1 N–H and O–H groups in total. The normalized spacial score (nSPS) is 14.8. The van der Waals surface area contributed by atoms with Gasteiger partial charge in [-0.3, -0.25) is 4.79 Å².